The van der Waals surface area contributed by atoms with E-state index in [1.165, 1.54) is 18.3 Å². The number of rotatable bonds is 7. The van der Waals surface area contributed by atoms with E-state index in [-0.39, 0.29) is 18.9 Å². The Morgan fingerprint density at radius 1 is 1.14 bits per heavy atom. The van der Waals surface area contributed by atoms with Crippen LogP contribution in [0.5, 0.6) is 5.75 Å². The van der Waals surface area contributed by atoms with Crippen molar-refractivity contribution < 1.29 is 27.8 Å². The third-order valence-electron chi connectivity index (χ3n) is 3.99. The van der Waals surface area contributed by atoms with E-state index >= 15 is 0 Å². The van der Waals surface area contributed by atoms with Crippen molar-refractivity contribution in [3.8, 4) is 11.4 Å². The Hall–Kier alpha value is -3.33. The molecular formula is C20H18F3N3O3. The molecular weight excluding hydrogens is 387 g/mol. The Morgan fingerprint density at radius 2 is 1.83 bits per heavy atom. The number of ether oxygens (including phenoxy) is 1. The largest absolute Gasteiger partial charge is 0.491 e. The molecule has 0 aliphatic carbocycles. The van der Waals surface area contributed by atoms with Crippen LogP contribution in [-0.4, -0.2) is 40.0 Å². The third-order valence-corrected chi connectivity index (χ3v) is 3.99. The van der Waals surface area contributed by atoms with Gasteiger partial charge in [-0.05, 0) is 36.4 Å². The maximum absolute atomic E-state index is 12.5. The number of halogens is 3. The smallest absolute Gasteiger partial charge is 0.416 e. The number of alkyl halides is 3. The van der Waals surface area contributed by atoms with E-state index in [0.717, 1.165) is 17.8 Å². The summed E-state index contributed by atoms with van der Waals surface area (Å²) in [5, 5.41) is 16.6. The summed E-state index contributed by atoms with van der Waals surface area (Å²) in [6.07, 6.45) is -2.48. The van der Waals surface area contributed by atoms with Gasteiger partial charge in [0.25, 0.3) is 5.91 Å². The summed E-state index contributed by atoms with van der Waals surface area (Å²) < 4.78 is 44.4. The molecule has 1 heterocycles. The van der Waals surface area contributed by atoms with Crippen molar-refractivity contribution in [3.05, 3.63) is 78.1 Å². The van der Waals surface area contributed by atoms with E-state index in [9.17, 15) is 23.1 Å². The highest BCUT2D eigenvalue weighted by atomic mass is 19.4. The summed E-state index contributed by atoms with van der Waals surface area (Å²) in [4.78, 5) is 12.2. The zero-order valence-corrected chi connectivity index (χ0v) is 15.1. The van der Waals surface area contributed by atoms with Crippen LogP contribution in [0.2, 0.25) is 0 Å². The van der Waals surface area contributed by atoms with Crippen LogP contribution >= 0.6 is 0 Å². The van der Waals surface area contributed by atoms with Crippen molar-refractivity contribution in [1.82, 2.24) is 15.1 Å². The Balaban J connectivity index is 1.46. The Morgan fingerprint density at radius 3 is 2.48 bits per heavy atom. The zero-order valence-electron chi connectivity index (χ0n) is 15.1. The first-order chi connectivity index (χ1) is 13.8. The quantitative estimate of drug-likeness (QED) is 0.634. The molecule has 1 unspecified atom stereocenters. The summed E-state index contributed by atoms with van der Waals surface area (Å²) >= 11 is 0. The highest BCUT2D eigenvalue weighted by Crippen LogP contribution is 2.30. The highest BCUT2D eigenvalue weighted by Gasteiger charge is 2.30. The van der Waals surface area contributed by atoms with Crippen LogP contribution in [0.4, 0.5) is 13.2 Å². The first-order valence-corrected chi connectivity index (χ1v) is 8.69. The van der Waals surface area contributed by atoms with Crippen LogP contribution in [0.15, 0.2) is 67.0 Å². The molecule has 2 aromatic carbocycles. The van der Waals surface area contributed by atoms with Crippen LogP contribution in [0.25, 0.3) is 5.69 Å². The number of nitrogens with one attached hydrogen (secondary N) is 1. The average Bonchev–Trinajstić information content (AvgIpc) is 3.21. The number of carbonyl (C=O) groups is 1. The van der Waals surface area contributed by atoms with Crippen molar-refractivity contribution in [3.63, 3.8) is 0 Å². The van der Waals surface area contributed by atoms with Gasteiger partial charge in [-0.2, -0.15) is 18.3 Å². The Bertz CT molecular complexity index is 941. The average molecular weight is 405 g/mol. The SMILES string of the molecule is O=C(NCC(O)COc1ccc(C(F)(F)F)cc1)c1cnn(-c2ccccc2)c1. The molecule has 0 spiro atoms. The van der Waals surface area contributed by atoms with Crippen LogP contribution < -0.4 is 10.1 Å². The maximum atomic E-state index is 12.5. The second-order valence-corrected chi connectivity index (χ2v) is 6.21. The minimum atomic E-state index is -4.42. The monoisotopic (exact) mass is 405 g/mol. The number of hydrogen-bond acceptors (Lipinski definition) is 4. The number of nitrogens with zero attached hydrogens (tertiary/aromatic N) is 2. The first-order valence-electron chi connectivity index (χ1n) is 8.69. The summed E-state index contributed by atoms with van der Waals surface area (Å²) in [5.74, 6) is -0.228. The number of aromatic nitrogens is 2. The second kappa shape index (κ2) is 8.78. The summed E-state index contributed by atoms with van der Waals surface area (Å²) in [7, 11) is 0. The number of para-hydroxylation sites is 1. The number of carbonyl (C=O) groups excluding carboxylic acids is 1. The fourth-order valence-electron chi connectivity index (χ4n) is 2.47. The summed E-state index contributed by atoms with van der Waals surface area (Å²) in [6, 6.07) is 13.4. The third kappa shape index (κ3) is 5.58. The molecule has 0 saturated heterocycles. The standard InChI is InChI=1S/C20H18F3N3O3/c21-20(22,23)15-6-8-18(9-7-15)29-13-17(27)11-24-19(28)14-10-25-26(12-14)16-4-2-1-3-5-16/h1-10,12,17,27H,11,13H2,(H,24,28). The molecule has 6 nitrogen and oxygen atoms in total. The van der Waals surface area contributed by atoms with E-state index in [1.54, 1.807) is 10.9 Å². The number of hydrogen-bond donors (Lipinski definition) is 2. The zero-order chi connectivity index (χ0) is 20.9. The van der Waals surface area contributed by atoms with Gasteiger partial charge in [0, 0.05) is 12.7 Å². The minimum Gasteiger partial charge on any atom is -0.491 e. The summed E-state index contributed by atoms with van der Waals surface area (Å²) in [6.45, 7) is -0.273. The predicted molar refractivity (Wildman–Crippen MR) is 98.8 cm³/mol. The molecule has 0 bridgehead atoms. The summed E-state index contributed by atoms with van der Waals surface area (Å²) in [5.41, 5.74) is 0.343. The fourth-order valence-corrected chi connectivity index (χ4v) is 2.47. The molecule has 152 valence electrons. The lowest BCUT2D eigenvalue weighted by Crippen LogP contribution is -2.35. The second-order valence-electron chi connectivity index (χ2n) is 6.21. The van der Waals surface area contributed by atoms with Crippen molar-refractivity contribution in [2.45, 2.75) is 12.3 Å². The number of amides is 1. The van der Waals surface area contributed by atoms with Gasteiger partial charge in [-0.3, -0.25) is 4.79 Å². The van der Waals surface area contributed by atoms with Crippen LogP contribution in [0.3, 0.4) is 0 Å². The van der Waals surface area contributed by atoms with Crippen molar-refractivity contribution in [1.29, 1.82) is 0 Å². The van der Waals surface area contributed by atoms with Gasteiger partial charge < -0.3 is 15.2 Å². The number of aliphatic hydroxyl groups excluding tert-OH is 1. The molecule has 1 amide bonds. The molecule has 3 rings (SSSR count). The predicted octanol–water partition coefficient (Wildman–Crippen LogP) is 3.06. The van der Waals surface area contributed by atoms with Gasteiger partial charge in [0.2, 0.25) is 0 Å². The van der Waals surface area contributed by atoms with Crippen LogP contribution in [-0.2, 0) is 6.18 Å². The van der Waals surface area contributed by atoms with E-state index < -0.39 is 23.8 Å². The molecule has 0 radical (unpaired) electrons. The van der Waals surface area contributed by atoms with Gasteiger partial charge in [-0.15, -0.1) is 0 Å². The van der Waals surface area contributed by atoms with Crippen LogP contribution in [0.1, 0.15) is 15.9 Å². The lowest BCUT2D eigenvalue weighted by molar-refractivity contribution is -0.137. The molecule has 2 N–H and O–H groups in total. The van der Waals surface area contributed by atoms with Gasteiger partial charge in [-0.1, -0.05) is 18.2 Å². The molecule has 1 atom stereocenters. The van der Waals surface area contributed by atoms with Gasteiger partial charge in [-0.25, -0.2) is 4.68 Å². The van der Waals surface area contributed by atoms with Crippen molar-refractivity contribution in [2.75, 3.05) is 13.2 Å². The molecule has 1 aromatic heterocycles. The van der Waals surface area contributed by atoms with E-state index in [4.69, 9.17) is 4.74 Å². The topological polar surface area (TPSA) is 76.4 Å². The van der Waals surface area contributed by atoms with Gasteiger partial charge in [0.1, 0.15) is 18.5 Å². The van der Waals surface area contributed by atoms with Gasteiger partial charge in [0.15, 0.2) is 0 Å². The molecule has 9 heteroatoms. The lowest BCUT2D eigenvalue weighted by atomic mass is 10.2. The Kier molecular flexibility index (Phi) is 6.18. The highest BCUT2D eigenvalue weighted by molar-refractivity contribution is 5.93. The fraction of sp³-hybridized carbons (Fsp3) is 0.200. The number of benzene rings is 2. The number of aliphatic hydroxyl groups is 1. The van der Waals surface area contributed by atoms with Gasteiger partial charge >= 0.3 is 6.18 Å². The molecule has 0 aliphatic heterocycles. The molecule has 0 saturated carbocycles. The van der Waals surface area contributed by atoms with Gasteiger partial charge in [0.05, 0.1) is 23.0 Å². The normalized spacial score (nSPS) is 12.4. The molecule has 0 aliphatic rings. The van der Waals surface area contributed by atoms with E-state index in [0.29, 0.717) is 5.56 Å². The molecule has 29 heavy (non-hydrogen) atoms. The first kappa shape index (κ1) is 20.4. The van der Waals surface area contributed by atoms with Crippen LogP contribution in [0, 0.1) is 0 Å². The van der Waals surface area contributed by atoms with Crippen molar-refractivity contribution >= 4 is 5.91 Å². The van der Waals surface area contributed by atoms with Crippen molar-refractivity contribution in [2.24, 2.45) is 0 Å². The maximum Gasteiger partial charge on any atom is 0.416 e. The lowest BCUT2D eigenvalue weighted by Gasteiger charge is -2.13. The Labute approximate surface area is 164 Å². The molecule has 0 fully saturated rings. The van der Waals surface area contributed by atoms with E-state index in [1.807, 2.05) is 30.3 Å². The van der Waals surface area contributed by atoms with E-state index in [2.05, 4.69) is 10.4 Å². The minimum absolute atomic E-state index is 0.0873. The molecule has 3 aromatic rings.